The minimum absolute atomic E-state index is 0.0942. The maximum atomic E-state index is 13.3. The Hall–Kier alpha value is -3.10. The summed E-state index contributed by atoms with van der Waals surface area (Å²) in [6.45, 7) is 4.02. The molecule has 8 heteroatoms. The molecular formula is C22H27N7O. The van der Waals surface area contributed by atoms with Gasteiger partial charge >= 0.3 is 0 Å². The standard InChI is InChI=1S/C22H27N7O/c1-27-12-14-28(15-13-27)21-22(30)29(16-18(25-21)4-2-10-23)19-8-6-17(7-9-19)20-5-3-11-24-26-20/h3,5-9,11,16H,2,4,10,12-15,23H2,1H3. The molecule has 0 radical (unpaired) electrons. The fraction of sp³-hybridized carbons (Fsp3) is 0.364. The quantitative estimate of drug-likeness (QED) is 0.661. The minimum atomic E-state index is -0.0942. The van der Waals surface area contributed by atoms with E-state index in [-0.39, 0.29) is 5.56 Å². The molecule has 156 valence electrons. The van der Waals surface area contributed by atoms with Crippen LogP contribution in [0.1, 0.15) is 12.1 Å². The van der Waals surface area contributed by atoms with Crippen molar-refractivity contribution in [3.05, 3.63) is 64.8 Å². The molecular weight excluding hydrogens is 378 g/mol. The summed E-state index contributed by atoms with van der Waals surface area (Å²) >= 11 is 0. The summed E-state index contributed by atoms with van der Waals surface area (Å²) in [7, 11) is 2.10. The smallest absolute Gasteiger partial charge is 0.298 e. The number of hydrogen-bond acceptors (Lipinski definition) is 7. The van der Waals surface area contributed by atoms with Crippen LogP contribution >= 0.6 is 0 Å². The van der Waals surface area contributed by atoms with Gasteiger partial charge in [-0.1, -0.05) is 12.1 Å². The number of nitrogens with two attached hydrogens (primary N) is 1. The molecule has 0 unspecified atom stereocenters. The molecule has 0 spiro atoms. The lowest BCUT2D eigenvalue weighted by atomic mass is 10.1. The first-order chi connectivity index (χ1) is 14.7. The van der Waals surface area contributed by atoms with Crippen LogP contribution < -0.4 is 16.2 Å². The van der Waals surface area contributed by atoms with Gasteiger partial charge in [-0.25, -0.2) is 4.98 Å². The number of likely N-dealkylation sites (N-methyl/N-ethyl adjacent to an activating group) is 1. The number of anilines is 1. The van der Waals surface area contributed by atoms with E-state index in [1.165, 1.54) is 0 Å². The number of aromatic nitrogens is 4. The molecule has 30 heavy (non-hydrogen) atoms. The van der Waals surface area contributed by atoms with Gasteiger partial charge in [0.05, 0.1) is 11.4 Å². The largest absolute Gasteiger partial charge is 0.349 e. The minimum Gasteiger partial charge on any atom is -0.349 e. The molecule has 8 nitrogen and oxygen atoms in total. The van der Waals surface area contributed by atoms with E-state index in [1.807, 2.05) is 42.6 Å². The second kappa shape index (κ2) is 9.15. The van der Waals surface area contributed by atoms with E-state index in [4.69, 9.17) is 10.7 Å². The molecule has 3 heterocycles. The van der Waals surface area contributed by atoms with Crippen LogP contribution in [0.4, 0.5) is 5.82 Å². The fourth-order valence-electron chi connectivity index (χ4n) is 3.60. The third kappa shape index (κ3) is 4.39. The van der Waals surface area contributed by atoms with Gasteiger partial charge in [-0.2, -0.15) is 10.2 Å². The Morgan fingerprint density at radius 3 is 2.50 bits per heavy atom. The second-order valence-electron chi connectivity index (χ2n) is 7.57. The molecule has 1 aromatic carbocycles. The lowest BCUT2D eigenvalue weighted by Gasteiger charge is -2.33. The lowest BCUT2D eigenvalue weighted by molar-refractivity contribution is 0.311. The predicted molar refractivity (Wildman–Crippen MR) is 118 cm³/mol. The highest BCUT2D eigenvalue weighted by Gasteiger charge is 2.20. The van der Waals surface area contributed by atoms with Gasteiger partial charge in [-0.15, -0.1) is 0 Å². The van der Waals surface area contributed by atoms with E-state index < -0.39 is 0 Å². The van der Waals surface area contributed by atoms with Gasteiger partial charge in [0, 0.05) is 49.8 Å². The number of benzene rings is 1. The molecule has 0 saturated carbocycles. The van der Waals surface area contributed by atoms with Crippen LogP contribution in [0.25, 0.3) is 16.9 Å². The van der Waals surface area contributed by atoms with Crippen molar-refractivity contribution in [1.29, 1.82) is 0 Å². The topological polar surface area (TPSA) is 93.2 Å². The molecule has 4 rings (SSSR count). The van der Waals surface area contributed by atoms with Crippen molar-refractivity contribution in [3.8, 4) is 16.9 Å². The summed E-state index contributed by atoms with van der Waals surface area (Å²) in [5.41, 5.74) is 9.05. The number of piperazine rings is 1. The van der Waals surface area contributed by atoms with E-state index >= 15 is 0 Å². The summed E-state index contributed by atoms with van der Waals surface area (Å²) < 4.78 is 1.70. The first kappa shape index (κ1) is 20.2. The molecule has 0 bridgehead atoms. The van der Waals surface area contributed by atoms with E-state index in [1.54, 1.807) is 10.8 Å². The Morgan fingerprint density at radius 2 is 1.83 bits per heavy atom. The average Bonchev–Trinajstić information content (AvgIpc) is 2.80. The normalized spacial score (nSPS) is 14.8. The van der Waals surface area contributed by atoms with Crippen LogP contribution in [0.5, 0.6) is 0 Å². The first-order valence-corrected chi connectivity index (χ1v) is 10.3. The molecule has 0 atom stereocenters. The van der Waals surface area contributed by atoms with E-state index in [2.05, 4.69) is 27.0 Å². The van der Waals surface area contributed by atoms with Gasteiger partial charge in [-0.3, -0.25) is 9.36 Å². The Morgan fingerprint density at radius 1 is 1.07 bits per heavy atom. The third-order valence-electron chi connectivity index (χ3n) is 5.39. The summed E-state index contributed by atoms with van der Waals surface area (Å²) in [5.74, 6) is 0.524. The van der Waals surface area contributed by atoms with E-state index in [0.29, 0.717) is 12.4 Å². The SMILES string of the molecule is CN1CCN(c2nc(CCCN)cn(-c3ccc(-c4cccnn4)cc3)c2=O)CC1. The molecule has 1 fully saturated rings. The maximum absolute atomic E-state index is 13.3. The zero-order chi connectivity index (χ0) is 20.9. The first-order valence-electron chi connectivity index (χ1n) is 10.3. The average molecular weight is 406 g/mol. The van der Waals surface area contributed by atoms with Crippen LogP contribution in [-0.4, -0.2) is 64.4 Å². The molecule has 2 N–H and O–H groups in total. The van der Waals surface area contributed by atoms with Crippen molar-refractivity contribution in [2.45, 2.75) is 12.8 Å². The summed E-state index contributed by atoms with van der Waals surface area (Å²) in [6.07, 6.45) is 5.07. The van der Waals surface area contributed by atoms with Gasteiger partial charge < -0.3 is 15.5 Å². The zero-order valence-electron chi connectivity index (χ0n) is 17.2. The van der Waals surface area contributed by atoms with Gasteiger partial charge in [0.2, 0.25) is 0 Å². The molecule has 2 aromatic heterocycles. The number of hydrogen-bond donors (Lipinski definition) is 1. The molecule has 1 aliphatic heterocycles. The maximum Gasteiger partial charge on any atom is 0.298 e. The number of rotatable bonds is 6. The predicted octanol–water partition coefficient (Wildman–Crippen LogP) is 1.33. The van der Waals surface area contributed by atoms with Crippen molar-refractivity contribution in [3.63, 3.8) is 0 Å². The van der Waals surface area contributed by atoms with Crippen molar-refractivity contribution in [1.82, 2.24) is 24.6 Å². The van der Waals surface area contributed by atoms with E-state index in [0.717, 1.165) is 61.7 Å². The monoisotopic (exact) mass is 405 g/mol. The summed E-state index contributed by atoms with van der Waals surface area (Å²) in [4.78, 5) is 22.4. The highest BCUT2D eigenvalue weighted by molar-refractivity contribution is 5.60. The van der Waals surface area contributed by atoms with Gasteiger partial charge in [0.15, 0.2) is 5.82 Å². The number of aryl methyl sites for hydroxylation is 1. The highest BCUT2D eigenvalue weighted by atomic mass is 16.1. The van der Waals surface area contributed by atoms with Crippen molar-refractivity contribution < 1.29 is 0 Å². The Labute approximate surface area is 176 Å². The highest BCUT2D eigenvalue weighted by Crippen LogP contribution is 2.19. The number of nitrogens with zero attached hydrogens (tertiary/aromatic N) is 6. The van der Waals surface area contributed by atoms with Crippen LogP contribution in [-0.2, 0) is 6.42 Å². The van der Waals surface area contributed by atoms with Crippen molar-refractivity contribution >= 4 is 5.82 Å². The Balaban J connectivity index is 1.71. The van der Waals surface area contributed by atoms with Gasteiger partial charge in [-0.05, 0) is 50.7 Å². The van der Waals surface area contributed by atoms with Gasteiger partial charge in [0.1, 0.15) is 0 Å². The Kier molecular flexibility index (Phi) is 6.15. The molecule has 3 aromatic rings. The third-order valence-corrected chi connectivity index (χ3v) is 5.39. The molecule has 0 aliphatic carbocycles. The lowest BCUT2D eigenvalue weighted by Crippen LogP contribution is -2.47. The van der Waals surface area contributed by atoms with Crippen LogP contribution in [0.2, 0.25) is 0 Å². The van der Waals surface area contributed by atoms with Gasteiger partial charge in [0.25, 0.3) is 5.56 Å². The van der Waals surface area contributed by atoms with Crippen LogP contribution in [0.15, 0.2) is 53.6 Å². The molecule has 1 saturated heterocycles. The fourth-order valence-corrected chi connectivity index (χ4v) is 3.60. The van der Waals surface area contributed by atoms with Crippen molar-refractivity contribution in [2.24, 2.45) is 5.73 Å². The zero-order valence-corrected chi connectivity index (χ0v) is 17.2. The Bertz CT molecular complexity index is 1030. The van der Waals surface area contributed by atoms with Crippen LogP contribution in [0, 0.1) is 0 Å². The summed E-state index contributed by atoms with van der Waals surface area (Å²) in [6, 6.07) is 11.6. The second-order valence-corrected chi connectivity index (χ2v) is 7.57. The van der Waals surface area contributed by atoms with Crippen molar-refractivity contribution in [2.75, 3.05) is 44.7 Å². The van der Waals surface area contributed by atoms with Crippen LogP contribution in [0.3, 0.4) is 0 Å². The van der Waals surface area contributed by atoms with E-state index in [9.17, 15) is 4.79 Å². The molecule has 0 amide bonds. The summed E-state index contributed by atoms with van der Waals surface area (Å²) in [5, 5.41) is 8.08. The molecule has 1 aliphatic rings.